The molecule has 7 aromatic rings. The number of aromatic nitrogens is 1. The number of benzene rings is 5. The van der Waals surface area contributed by atoms with Gasteiger partial charge in [0.1, 0.15) is 0 Å². The third kappa shape index (κ3) is 3.60. The van der Waals surface area contributed by atoms with Crippen molar-refractivity contribution in [2.45, 2.75) is 26.3 Å². The van der Waals surface area contributed by atoms with Crippen molar-refractivity contribution >= 4 is 59.6 Å². The second-order valence-electron chi connectivity index (χ2n) is 11.0. The van der Waals surface area contributed by atoms with Crippen LogP contribution in [0.2, 0.25) is 0 Å². The maximum absolute atomic E-state index is 2.60. The molecule has 0 fully saturated rings. The molecule has 1 unspecified atom stereocenters. The molecular weight excluding hydrogens is 502 g/mol. The Balaban J connectivity index is 1.41. The third-order valence-electron chi connectivity index (χ3n) is 8.70. The van der Waals surface area contributed by atoms with E-state index in [1.807, 2.05) is 11.3 Å². The molecule has 0 amide bonds. The molecule has 1 aliphatic rings. The standard InChI is InChI=1S/C38H29NS/c1-24-7-3-5-9-31(24)34-23-30(16-11-25(34)2)39-35-18-15-26-8-4-6-10-32(26)38(35)33-17-14-28(21-36(33)39)29-13-12-27-19-20-40-37(27)22-29/h3-15,17-23,30H,16H2,1-2H3. The van der Waals surface area contributed by atoms with Crippen LogP contribution in [0.4, 0.5) is 0 Å². The Morgan fingerprint density at radius 2 is 1.50 bits per heavy atom. The fourth-order valence-corrected chi connectivity index (χ4v) is 7.47. The number of fused-ring (bicyclic) bond motifs is 6. The minimum atomic E-state index is 0.231. The van der Waals surface area contributed by atoms with Crippen LogP contribution in [0.1, 0.15) is 30.5 Å². The van der Waals surface area contributed by atoms with Crippen LogP contribution in [0.25, 0.3) is 59.4 Å². The zero-order valence-electron chi connectivity index (χ0n) is 22.7. The lowest BCUT2D eigenvalue weighted by Gasteiger charge is -2.25. The molecule has 0 N–H and O–H groups in total. The molecule has 1 nitrogen and oxygen atoms in total. The highest BCUT2D eigenvalue weighted by Gasteiger charge is 2.22. The summed E-state index contributed by atoms with van der Waals surface area (Å²) in [5, 5.41) is 8.78. The largest absolute Gasteiger partial charge is 0.333 e. The van der Waals surface area contributed by atoms with Gasteiger partial charge in [-0.05, 0) is 99.5 Å². The fraction of sp³-hybridized carbons (Fsp3) is 0.105. The summed E-state index contributed by atoms with van der Waals surface area (Å²) in [7, 11) is 0. The third-order valence-corrected chi connectivity index (χ3v) is 9.58. The van der Waals surface area contributed by atoms with Crippen LogP contribution in [0.5, 0.6) is 0 Å². The minimum absolute atomic E-state index is 0.231. The van der Waals surface area contributed by atoms with Crippen LogP contribution in [0.15, 0.2) is 126 Å². The van der Waals surface area contributed by atoms with E-state index >= 15 is 0 Å². The molecule has 192 valence electrons. The molecule has 1 aliphatic carbocycles. The van der Waals surface area contributed by atoms with Crippen molar-refractivity contribution in [2.75, 3.05) is 0 Å². The lowest BCUT2D eigenvalue weighted by molar-refractivity contribution is 0.647. The quantitative estimate of drug-likeness (QED) is 0.214. The predicted molar refractivity (Wildman–Crippen MR) is 174 cm³/mol. The van der Waals surface area contributed by atoms with Gasteiger partial charge in [0.25, 0.3) is 0 Å². The molecular formula is C38H29NS. The molecule has 1 atom stereocenters. The Labute approximate surface area is 238 Å². The van der Waals surface area contributed by atoms with E-state index in [0.717, 1.165) is 6.42 Å². The molecule has 40 heavy (non-hydrogen) atoms. The number of hydrogen-bond donors (Lipinski definition) is 0. The van der Waals surface area contributed by atoms with Gasteiger partial charge in [0.15, 0.2) is 0 Å². The Morgan fingerprint density at radius 1 is 0.700 bits per heavy atom. The minimum Gasteiger partial charge on any atom is -0.333 e. The Morgan fingerprint density at radius 3 is 2.42 bits per heavy atom. The van der Waals surface area contributed by atoms with E-state index in [9.17, 15) is 0 Å². The summed E-state index contributed by atoms with van der Waals surface area (Å²) < 4.78 is 3.94. The van der Waals surface area contributed by atoms with Crippen molar-refractivity contribution in [1.82, 2.24) is 4.57 Å². The maximum atomic E-state index is 2.60. The Hall–Kier alpha value is -4.40. The van der Waals surface area contributed by atoms with Gasteiger partial charge < -0.3 is 4.57 Å². The topological polar surface area (TPSA) is 4.93 Å². The normalized spacial score (nSPS) is 15.7. The number of allylic oxidation sites excluding steroid dienone is 4. The van der Waals surface area contributed by atoms with Crippen LogP contribution in [0.3, 0.4) is 0 Å². The van der Waals surface area contributed by atoms with Crippen LogP contribution < -0.4 is 0 Å². The van der Waals surface area contributed by atoms with Crippen LogP contribution >= 0.6 is 11.3 Å². The number of hydrogen-bond acceptors (Lipinski definition) is 1. The smallest absolute Gasteiger partial charge is 0.0566 e. The van der Waals surface area contributed by atoms with Crippen molar-refractivity contribution in [1.29, 1.82) is 0 Å². The summed E-state index contributed by atoms with van der Waals surface area (Å²) in [5.74, 6) is 0. The lowest BCUT2D eigenvalue weighted by Crippen LogP contribution is -2.10. The molecule has 2 aromatic heterocycles. The summed E-state index contributed by atoms with van der Waals surface area (Å²) in [5.41, 5.74) is 10.5. The summed E-state index contributed by atoms with van der Waals surface area (Å²) in [6.07, 6.45) is 5.92. The van der Waals surface area contributed by atoms with Gasteiger partial charge in [-0.25, -0.2) is 0 Å². The van der Waals surface area contributed by atoms with Gasteiger partial charge in [0, 0.05) is 15.5 Å². The molecule has 0 saturated heterocycles. The highest BCUT2D eigenvalue weighted by atomic mass is 32.1. The van der Waals surface area contributed by atoms with Gasteiger partial charge in [0.05, 0.1) is 17.1 Å². The number of thiophene rings is 1. The van der Waals surface area contributed by atoms with Crippen LogP contribution in [0, 0.1) is 6.92 Å². The van der Waals surface area contributed by atoms with Crippen LogP contribution in [-0.2, 0) is 0 Å². The first-order valence-corrected chi connectivity index (χ1v) is 14.9. The highest BCUT2D eigenvalue weighted by Crippen LogP contribution is 2.42. The van der Waals surface area contributed by atoms with Crippen molar-refractivity contribution in [2.24, 2.45) is 0 Å². The fourth-order valence-electron chi connectivity index (χ4n) is 6.64. The van der Waals surface area contributed by atoms with Gasteiger partial charge in [-0.2, -0.15) is 0 Å². The molecule has 0 aliphatic heterocycles. The predicted octanol–water partition coefficient (Wildman–Crippen LogP) is 11.1. The SMILES string of the molecule is CC1=CCC(n2c3cc(-c4ccc5ccsc5c4)ccc3c3c4ccccc4ccc32)C=C1c1ccccc1C. The first-order chi connectivity index (χ1) is 19.7. The monoisotopic (exact) mass is 531 g/mol. The highest BCUT2D eigenvalue weighted by molar-refractivity contribution is 7.17. The molecule has 0 saturated carbocycles. The van der Waals surface area contributed by atoms with Gasteiger partial charge in [-0.1, -0.05) is 91.0 Å². The molecule has 0 bridgehead atoms. The van der Waals surface area contributed by atoms with Crippen molar-refractivity contribution < 1.29 is 0 Å². The van der Waals surface area contributed by atoms with Gasteiger partial charge in [0.2, 0.25) is 0 Å². The first-order valence-electron chi connectivity index (χ1n) is 14.0. The van der Waals surface area contributed by atoms with E-state index in [2.05, 4.69) is 139 Å². The Bertz CT molecular complexity index is 2170. The van der Waals surface area contributed by atoms with Gasteiger partial charge in [-0.15, -0.1) is 11.3 Å². The zero-order valence-corrected chi connectivity index (χ0v) is 23.5. The molecule has 5 aromatic carbocycles. The first kappa shape index (κ1) is 23.5. The second kappa shape index (κ2) is 9.08. The van der Waals surface area contributed by atoms with Crippen molar-refractivity contribution in [3.63, 3.8) is 0 Å². The summed E-state index contributed by atoms with van der Waals surface area (Å²) in [6.45, 7) is 4.48. The molecule has 2 heteroatoms. The van der Waals surface area contributed by atoms with Gasteiger partial charge >= 0.3 is 0 Å². The van der Waals surface area contributed by atoms with E-state index in [1.165, 1.54) is 76.1 Å². The van der Waals surface area contributed by atoms with Gasteiger partial charge in [-0.3, -0.25) is 0 Å². The molecule has 2 heterocycles. The zero-order chi connectivity index (χ0) is 26.8. The molecule has 0 radical (unpaired) electrons. The van der Waals surface area contributed by atoms with Crippen LogP contribution in [-0.4, -0.2) is 4.57 Å². The Kier molecular flexibility index (Phi) is 5.33. The summed E-state index contributed by atoms with van der Waals surface area (Å²) >= 11 is 1.81. The summed E-state index contributed by atoms with van der Waals surface area (Å²) in [4.78, 5) is 0. The maximum Gasteiger partial charge on any atom is 0.0566 e. The number of nitrogens with zero attached hydrogens (tertiary/aromatic N) is 1. The van der Waals surface area contributed by atoms with E-state index < -0.39 is 0 Å². The van der Waals surface area contributed by atoms with Crippen molar-refractivity contribution in [3.8, 4) is 11.1 Å². The van der Waals surface area contributed by atoms with E-state index in [1.54, 1.807) is 0 Å². The average Bonchev–Trinajstić information content (AvgIpc) is 3.60. The average molecular weight is 532 g/mol. The van der Waals surface area contributed by atoms with E-state index in [-0.39, 0.29) is 6.04 Å². The molecule has 0 spiro atoms. The van der Waals surface area contributed by atoms with Crippen molar-refractivity contribution in [3.05, 3.63) is 137 Å². The van der Waals surface area contributed by atoms with E-state index in [0.29, 0.717) is 0 Å². The van der Waals surface area contributed by atoms with E-state index in [4.69, 9.17) is 0 Å². The number of rotatable bonds is 3. The number of aryl methyl sites for hydroxylation is 1. The summed E-state index contributed by atoms with van der Waals surface area (Å²) in [6, 6.07) is 38.6. The second-order valence-corrected chi connectivity index (χ2v) is 12.0. The molecule has 8 rings (SSSR count). The lowest BCUT2D eigenvalue weighted by atomic mass is 9.88.